The smallest absolute Gasteiger partial charge is 0.291 e. The molecule has 0 saturated carbocycles. The van der Waals surface area contributed by atoms with Gasteiger partial charge in [0.25, 0.3) is 23.6 Å². The molecule has 14 heteroatoms. The van der Waals surface area contributed by atoms with Crippen LogP contribution in [0, 0.1) is 0 Å². The molecule has 0 spiro atoms. The van der Waals surface area contributed by atoms with Gasteiger partial charge in [-0.3, -0.25) is 19.2 Å². The number of hydrogen-bond acceptors (Lipinski definition) is 10. The highest BCUT2D eigenvalue weighted by atomic mass is 16.5. The number of furan rings is 2. The maximum Gasteiger partial charge on any atom is 0.291 e. The summed E-state index contributed by atoms with van der Waals surface area (Å²) in [5.74, 6) is 1.07. The molecule has 0 radical (unpaired) electrons. The third-order valence-electron chi connectivity index (χ3n) is 11.8. The Bertz CT molecular complexity index is 2250. The van der Waals surface area contributed by atoms with Crippen LogP contribution in [0.4, 0.5) is 11.4 Å². The molecule has 0 aliphatic carbocycles. The van der Waals surface area contributed by atoms with Gasteiger partial charge in [0, 0.05) is 72.8 Å². The van der Waals surface area contributed by atoms with Gasteiger partial charge in [0.15, 0.2) is 11.5 Å². The zero-order chi connectivity index (χ0) is 44.8. The first-order valence-electron chi connectivity index (χ1n) is 21.1. The van der Waals surface area contributed by atoms with E-state index in [1.165, 1.54) is 12.5 Å². The largest absolute Gasteiger partial charge is 0.497 e. The molecule has 64 heavy (non-hydrogen) atoms. The van der Waals surface area contributed by atoms with Crippen LogP contribution in [-0.2, 0) is 20.3 Å². The van der Waals surface area contributed by atoms with E-state index in [1.54, 1.807) is 87.0 Å². The summed E-state index contributed by atoms with van der Waals surface area (Å²) in [7, 11) is 3.29. The third-order valence-corrected chi connectivity index (χ3v) is 11.8. The van der Waals surface area contributed by atoms with Gasteiger partial charge in [-0.1, -0.05) is 24.3 Å². The number of nitrogens with one attached hydrogen (secondary N) is 4. The van der Waals surface area contributed by atoms with Gasteiger partial charge in [0.1, 0.15) is 11.5 Å². The lowest BCUT2D eigenvalue weighted by Gasteiger charge is -2.38. The van der Waals surface area contributed by atoms with Gasteiger partial charge in [0.05, 0.1) is 26.7 Å². The standard InChI is InChI=1S/2C25H26N2O5/c2*1-30-21-10-6-19(7-11-21)25(12-15-31-16-13-25)17-26-23(28)18-4-8-20(9-5-18)27-24(29)22-3-2-14-32-22/h2*2-11,14H,12-13,15-17H2,1H3,(H,26,28)(H,27,29). The zero-order valence-electron chi connectivity index (χ0n) is 35.9. The Morgan fingerprint density at radius 2 is 0.844 bits per heavy atom. The van der Waals surface area contributed by atoms with Gasteiger partial charge < -0.3 is 49.0 Å². The number of hydrogen-bond donors (Lipinski definition) is 4. The van der Waals surface area contributed by atoms with E-state index in [0.717, 1.165) is 48.3 Å². The van der Waals surface area contributed by atoms with Gasteiger partial charge in [-0.25, -0.2) is 0 Å². The van der Waals surface area contributed by atoms with Crippen molar-refractivity contribution in [1.82, 2.24) is 10.6 Å². The van der Waals surface area contributed by atoms with Gasteiger partial charge in [-0.2, -0.15) is 0 Å². The van der Waals surface area contributed by atoms with Crippen LogP contribution in [0.2, 0.25) is 0 Å². The summed E-state index contributed by atoms with van der Waals surface area (Å²) >= 11 is 0. The van der Waals surface area contributed by atoms with Crippen LogP contribution in [0.25, 0.3) is 0 Å². The van der Waals surface area contributed by atoms with Crippen molar-refractivity contribution in [3.05, 3.63) is 168 Å². The molecule has 0 unspecified atom stereocenters. The van der Waals surface area contributed by atoms with Crippen LogP contribution in [0.3, 0.4) is 0 Å². The summed E-state index contributed by atoms with van der Waals surface area (Å²) in [5, 5.41) is 11.7. The van der Waals surface area contributed by atoms with Gasteiger partial charge in [0.2, 0.25) is 0 Å². The van der Waals surface area contributed by atoms with E-state index < -0.39 is 0 Å². The molecule has 2 aliphatic heterocycles. The summed E-state index contributed by atoms with van der Waals surface area (Å²) in [6, 6.07) is 36.1. The first-order valence-corrected chi connectivity index (χ1v) is 21.1. The number of benzene rings is 4. The first-order chi connectivity index (χ1) is 31.2. The number of methoxy groups -OCH3 is 2. The van der Waals surface area contributed by atoms with Gasteiger partial charge in [-0.05, 0) is 134 Å². The Balaban J connectivity index is 0.000000191. The highest BCUT2D eigenvalue weighted by molar-refractivity contribution is 6.03. The first kappa shape index (κ1) is 44.9. The minimum Gasteiger partial charge on any atom is -0.497 e. The van der Waals surface area contributed by atoms with E-state index in [4.69, 9.17) is 27.8 Å². The predicted octanol–water partition coefficient (Wildman–Crippen LogP) is 8.04. The Kier molecular flexibility index (Phi) is 14.9. The fraction of sp³-hybridized carbons (Fsp3) is 0.280. The number of ether oxygens (including phenoxy) is 4. The summed E-state index contributed by atoms with van der Waals surface area (Å²) < 4.78 is 31.9. The monoisotopic (exact) mass is 868 g/mol. The quantitative estimate of drug-likeness (QED) is 0.0837. The van der Waals surface area contributed by atoms with Crippen molar-refractivity contribution in [2.45, 2.75) is 36.5 Å². The average molecular weight is 869 g/mol. The van der Waals surface area contributed by atoms with E-state index >= 15 is 0 Å². The molecule has 4 amide bonds. The van der Waals surface area contributed by atoms with Crippen molar-refractivity contribution < 1.29 is 47.0 Å². The number of amides is 4. The Morgan fingerprint density at radius 3 is 1.16 bits per heavy atom. The topological polar surface area (TPSA) is 180 Å². The molecular weight excluding hydrogens is 817 g/mol. The zero-order valence-corrected chi connectivity index (χ0v) is 35.9. The second kappa shape index (κ2) is 21.3. The fourth-order valence-electron chi connectivity index (χ4n) is 7.86. The molecule has 4 N–H and O–H groups in total. The summed E-state index contributed by atoms with van der Waals surface area (Å²) in [6.07, 6.45) is 6.21. The van der Waals surface area contributed by atoms with E-state index in [2.05, 4.69) is 45.5 Å². The maximum atomic E-state index is 12.8. The molecule has 2 saturated heterocycles. The molecule has 2 fully saturated rings. The molecule has 2 aromatic heterocycles. The van der Waals surface area contributed by atoms with Crippen LogP contribution in [-0.4, -0.2) is 77.4 Å². The van der Waals surface area contributed by atoms with Gasteiger partial charge >= 0.3 is 0 Å². The summed E-state index contributed by atoms with van der Waals surface area (Å²) in [6.45, 7) is 3.66. The van der Waals surface area contributed by atoms with Crippen molar-refractivity contribution in [3.8, 4) is 11.5 Å². The molecule has 4 aromatic carbocycles. The van der Waals surface area contributed by atoms with E-state index in [-0.39, 0.29) is 46.0 Å². The Morgan fingerprint density at radius 1 is 0.484 bits per heavy atom. The second-order valence-corrected chi connectivity index (χ2v) is 15.6. The van der Waals surface area contributed by atoms with Crippen LogP contribution in [0.15, 0.2) is 143 Å². The van der Waals surface area contributed by atoms with Crippen molar-refractivity contribution in [2.24, 2.45) is 0 Å². The summed E-state index contributed by atoms with van der Waals surface area (Å²) in [5.41, 5.74) is 4.18. The lowest BCUT2D eigenvalue weighted by atomic mass is 9.74. The fourth-order valence-corrected chi connectivity index (χ4v) is 7.86. The molecule has 6 aromatic rings. The molecule has 14 nitrogen and oxygen atoms in total. The van der Waals surface area contributed by atoms with Crippen LogP contribution in [0.1, 0.15) is 78.6 Å². The highest BCUT2D eigenvalue weighted by Gasteiger charge is 2.36. The number of carbonyl (C=O) groups excluding carboxylic acids is 4. The molecular formula is C50H52N4O10. The molecule has 2 aliphatic rings. The molecule has 332 valence electrons. The number of rotatable bonds is 14. The highest BCUT2D eigenvalue weighted by Crippen LogP contribution is 2.36. The van der Waals surface area contributed by atoms with Crippen molar-refractivity contribution in [3.63, 3.8) is 0 Å². The molecule has 4 heterocycles. The second-order valence-electron chi connectivity index (χ2n) is 15.6. The molecule has 0 bridgehead atoms. The lowest BCUT2D eigenvalue weighted by molar-refractivity contribution is 0.0487. The SMILES string of the molecule is COc1ccc(C2(CNC(=O)c3ccc(NC(=O)c4ccco4)cc3)CCOCC2)cc1.COc1ccc(C2(CNC(=O)c3ccc(NC(=O)c4ccco4)cc3)CCOCC2)cc1. The van der Waals surface area contributed by atoms with Crippen molar-refractivity contribution in [1.29, 1.82) is 0 Å². The van der Waals surface area contributed by atoms with Crippen molar-refractivity contribution in [2.75, 3.05) is 64.4 Å². The predicted molar refractivity (Wildman–Crippen MR) is 240 cm³/mol. The number of carbonyl (C=O) groups is 4. The minimum absolute atomic E-state index is 0.159. The van der Waals surface area contributed by atoms with E-state index in [9.17, 15) is 19.2 Å². The van der Waals surface area contributed by atoms with E-state index in [0.29, 0.717) is 62.0 Å². The van der Waals surface area contributed by atoms with E-state index in [1.807, 2.05) is 24.3 Å². The molecule has 8 rings (SSSR count). The summed E-state index contributed by atoms with van der Waals surface area (Å²) in [4.78, 5) is 49.8. The Hall–Kier alpha value is -7.16. The average Bonchev–Trinajstić information content (AvgIpc) is 4.11. The van der Waals surface area contributed by atoms with Gasteiger partial charge in [-0.15, -0.1) is 0 Å². The third kappa shape index (κ3) is 11.3. The molecule has 0 atom stereocenters. The minimum atomic E-state index is -0.340. The normalized spacial score (nSPS) is 15.0. The Labute approximate surface area is 371 Å². The van der Waals surface area contributed by atoms with Crippen LogP contribution < -0.4 is 30.7 Å². The maximum absolute atomic E-state index is 12.8. The van der Waals surface area contributed by atoms with Crippen LogP contribution in [0.5, 0.6) is 11.5 Å². The lowest BCUT2D eigenvalue weighted by Crippen LogP contribution is -2.44. The van der Waals surface area contributed by atoms with Crippen molar-refractivity contribution >= 4 is 35.0 Å². The van der Waals surface area contributed by atoms with Crippen LogP contribution >= 0.6 is 0 Å². The number of anilines is 2.